The first-order chi connectivity index (χ1) is 6.62. The minimum atomic E-state index is -1.02. The fourth-order valence-electron chi connectivity index (χ4n) is 2.30. The molecule has 1 saturated carbocycles. The maximum atomic E-state index is 11.0. The summed E-state index contributed by atoms with van der Waals surface area (Å²) in [5.74, 6) is -0.331. The van der Waals surface area contributed by atoms with Crippen LogP contribution < -0.4 is 5.73 Å². The van der Waals surface area contributed by atoms with Gasteiger partial charge in [-0.2, -0.15) is 0 Å². The van der Waals surface area contributed by atoms with Crippen molar-refractivity contribution in [3.63, 3.8) is 0 Å². The third kappa shape index (κ3) is 1.48. The molecule has 0 bridgehead atoms. The number of nitrogens with two attached hydrogens (primary N) is 1. The summed E-state index contributed by atoms with van der Waals surface area (Å²) < 4.78 is 0. The third-order valence-corrected chi connectivity index (χ3v) is 3.28. The molecule has 2 aliphatic rings. The van der Waals surface area contributed by atoms with E-state index in [4.69, 9.17) is 10.8 Å². The van der Waals surface area contributed by atoms with Crippen LogP contribution in [0, 0.1) is 5.92 Å². The van der Waals surface area contributed by atoms with Crippen molar-refractivity contribution in [3.8, 4) is 0 Å². The number of hydrogen-bond acceptors (Lipinski definition) is 2. The number of hydrogen-bond donors (Lipinski definition) is 2. The Kier molecular flexibility index (Phi) is 2.19. The van der Waals surface area contributed by atoms with E-state index in [1.54, 1.807) is 0 Å². The molecule has 0 aromatic rings. The molecule has 0 amide bonds. The molecular formula is C11H15NO2. The van der Waals surface area contributed by atoms with Crippen LogP contribution in [-0.4, -0.2) is 16.6 Å². The molecule has 0 spiro atoms. The van der Waals surface area contributed by atoms with Crippen LogP contribution in [0.15, 0.2) is 23.8 Å². The van der Waals surface area contributed by atoms with Crippen molar-refractivity contribution in [3.05, 3.63) is 23.8 Å². The molecule has 76 valence electrons. The molecule has 0 saturated heterocycles. The summed E-state index contributed by atoms with van der Waals surface area (Å²) in [4.78, 5) is 11.0. The van der Waals surface area contributed by atoms with Crippen LogP contribution >= 0.6 is 0 Å². The van der Waals surface area contributed by atoms with Gasteiger partial charge in [0, 0.05) is 0 Å². The zero-order valence-electron chi connectivity index (χ0n) is 8.07. The first-order valence-corrected chi connectivity index (χ1v) is 5.00. The normalized spacial score (nSPS) is 36.1. The van der Waals surface area contributed by atoms with Crippen LogP contribution in [-0.2, 0) is 4.79 Å². The van der Waals surface area contributed by atoms with E-state index in [2.05, 4.69) is 6.08 Å². The average molecular weight is 193 g/mol. The quantitative estimate of drug-likeness (QED) is 0.662. The topological polar surface area (TPSA) is 63.3 Å². The maximum Gasteiger partial charge on any atom is 0.324 e. The Bertz CT molecular complexity index is 319. The molecule has 3 heteroatoms. The van der Waals surface area contributed by atoms with Crippen molar-refractivity contribution < 1.29 is 9.90 Å². The predicted molar refractivity (Wildman–Crippen MR) is 53.7 cm³/mol. The van der Waals surface area contributed by atoms with E-state index in [1.165, 1.54) is 5.57 Å². The van der Waals surface area contributed by atoms with E-state index >= 15 is 0 Å². The second-order valence-corrected chi connectivity index (χ2v) is 4.28. The first-order valence-electron chi connectivity index (χ1n) is 5.00. The zero-order chi connectivity index (χ0) is 10.2. The molecule has 3 N–H and O–H groups in total. The van der Waals surface area contributed by atoms with Gasteiger partial charge in [0.25, 0.3) is 0 Å². The highest BCUT2D eigenvalue weighted by Gasteiger charge is 2.40. The monoisotopic (exact) mass is 193 g/mol. The smallest absolute Gasteiger partial charge is 0.324 e. The average Bonchev–Trinajstić information content (AvgIpc) is 2.17. The number of fused-ring (bicyclic) bond motifs is 1. The molecule has 2 atom stereocenters. The van der Waals surface area contributed by atoms with Gasteiger partial charge < -0.3 is 10.8 Å². The lowest BCUT2D eigenvalue weighted by molar-refractivity contribution is -0.144. The van der Waals surface area contributed by atoms with E-state index in [-0.39, 0.29) is 0 Å². The summed E-state index contributed by atoms with van der Waals surface area (Å²) in [6, 6.07) is 0. The van der Waals surface area contributed by atoms with Gasteiger partial charge in [-0.15, -0.1) is 0 Å². The minimum absolute atomic E-state index is 0.511. The number of rotatable bonds is 1. The summed E-state index contributed by atoms with van der Waals surface area (Å²) in [7, 11) is 0. The van der Waals surface area contributed by atoms with E-state index < -0.39 is 11.5 Å². The van der Waals surface area contributed by atoms with Crippen LogP contribution in [0.4, 0.5) is 0 Å². The fraction of sp³-hybridized carbons (Fsp3) is 0.545. The molecular weight excluding hydrogens is 178 g/mol. The Labute approximate surface area is 83.3 Å². The fourth-order valence-corrected chi connectivity index (χ4v) is 2.30. The molecule has 0 radical (unpaired) electrons. The Hall–Kier alpha value is -1.09. The summed E-state index contributed by atoms with van der Waals surface area (Å²) in [6.45, 7) is 0. The lowest BCUT2D eigenvalue weighted by Crippen LogP contribution is -2.51. The Balaban J connectivity index is 2.20. The molecule has 14 heavy (non-hydrogen) atoms. The van der Waals surface area contributed by atoms with Gasteiger partial charge in [-0.3, -0.25) is 4.79 Å². The van der Waals surface area contributed by atoms with Gasteiger partial charge in [0.05, 0.1) is 0 Å². The summed E-state index contributed by atoms with van der Waals surface area (Å²) >= 11 is 0. The summed E-state index contributed by atoms with van der Waals surface area (Å²) in [5.41, 5.74) is 6.04. The molecule has 1 fully saturated rings. The Morgan fingerprint density at radius 3 is 3.14 bits per heavy atom. The lowest BCUT2D eigenvalue weighted by atomic mass is 9.71. The van der Waals surface area contributed by atoms with Gasteiger partial charge in [0.2, 0.25) is 0 Å². The Morgan fingerprint density at radius 2 is 2.43 bits per heavy atom. The number of carbonyl (C=O) groups is 1. The highest BCUT2D eigenvalue weighted by molar-refractivity contribution is 5.79. The van der Waals surface area contributed by atoms with Crippen LogP contribution in [0.3, 0.4) is 0 Å². The second-order valence-electron chi connectivity index (χ2n) is 4.28. The third-order valence-electron chi connectivity index (χ3n) is 3.28. The zero-order valence-corrected chi connectivity index (χ0v) is 8.07. The molecule has 0 aromatic heterocycles. The largest absolute Gasteiger partial charge is 0.480 e. The first kappa shape index (κ1) is 9.46. The van der Waals surface area contributed by atoms with Crippen molar-refractivity contribution in [1.82, 2.24) is 0 Å². The van der Waals surface area contributed by atoms with E-state index in [0.717, 1.165) is 12.8 Å². The van der Waals surface area contributed by atoms with E-state index in [0.29, 0.717) is 18.8 Å². The number of carboxylic acid groups (broad SMARTS) is 1. The maximum absolute atomic E-state index is 11.0. The molecule has 0 aromatic carbocycles. The lowest BCUT2D eigenvalue weighted by Gasteiger charge is -2.36. The van der Waals surface area contributed by atoms with Crippen molar-refractivity contribution in [2.24, 2.45) is 11.7 Å². The minimum Gasteiger partial charge on any atom is -0.480 e. The van der Waals surface area contributed by atoms with E-state index in [9.17, 15) is 4.79 Å². The van der Waals surface area contributed by atoms with Gasteiger partial charge in [-0.05, 0) is 31.6 Å². The molecule has 2 rings (SSSR count). The van der Waals surface area contributed by atoms with Gasteiger partial charge >= 0.3 is 5.97 Å². The van der Waals surface area contributed by atoms with Crippen LogP contribution in [0.1, 0.15) is 25.7 Å². The van der Waals surface area contributed by atoms with Crippen molar-refractivity contribution >= 4 is 5.97 Å². The molecule has 2 aliphatic carbocycles. The molecule has 0 heterocycles. The van der Waals surface area contributed by atoms with Crippen molar-refractivity contribution in [1.29, 1.82) is 0 Å². The van der Waals surface area contributed by atoms with Crippen LogP contribution in [0.2, 0.25) is 0 Å². The van der Waals surface area contributed by atoms with Crippen molar-refractivity contribution in [2.75, 3.05) is 0 Å². The summed E-state index contributed by atoms with van der Waals surface area (Å²) in [6.07, 6.45) is 9.21. The van der Waals surface area contributed by atoms with Crippen LogP contribution in [0.25, 0.3) is 0 Å². The van der Waals surface area contributed by atoms with Gasteiger partial charge in [-0.1, -0.05) is 23.8 Å². The molecule has 3 nitrogen and oxygen atoms in total. The van der Waals surface area contributed by atoms with Gasteiger partial charge in [0.15, 0.2) is 0 Å². The molecule has 2 unspecified atom stereocenters. The number of allylic oxidation sites excluding steroid dienone is 3. The number of aliphatic carboxylic acids is 1. The predicted octanol–water partition coefficient (Wildman–Crippen LogP) is 1.45. The standard InChI is InChI=1S/C11H15NO2/c12-11(10(13)14)6-5-8-3-1-2-4-9(8)7-11/h1-2,4,8H,3,5-7,12H2,(H,13,14). The van der Waals surface area contributed by atoms with Gasteiger partial charge in [0.1, 0.15) is 5.54 Å². The molecule has 0 aliphatic heterocycles. The van der Waals surface area contributed by atoms with Crippen LogP contribution in [0.5, 0.6) is 0 Å². The second kappa shape index (κ2) is 3.24. The Morgan fingerprint density at radius 1 is 1.64 bits per heavy atom. The highest BCUT2D eigenvalue weighted by atomic mass is 16.4. The number of carboxylic acids is 1. The van der Waals surface area contributed by atoms with E-state index in [1.807, 2.05) is 12.2 Å². The van der Waals surface area contributed by atoms with Gasteiger partial charge in [-0.25, -0.2) is 0 Å². The van der Waals surface area contributed by atoms with Crippen molar-refractivity contribution in [2.45, 2.75) is 31.2 Å². The summed E-state index contributed by atoms with van der Waals surface area (Å²) in [5, 5.41) is 9.02. The SMILES string of the molecule is NC1(C(=O)O)CCC2CC=CC=C2C1. The highest BCUT2D eigenvalue weighted by Crippen LogP contribution is 2.38.